The molecule has 1 fully saturated rings. The molecule has 0 spiro atoms. The highest BCUT2D eigenvalue weighted by Gasteiger charge is 2.36. The van der Waals surface area contributed by atoms with Crippen LogP contribution in [-0.2, 0) is 4.74 Å². The molecule has 5 N–H and O–H groups in total. The van der Waals surface area contributed by atoms with E-state index in [1.165, 1.54) is 11.8 Å². The van der Waals surface area contributed by atoms with E-state index in [9.17, 15) is 15.0 Å². The molecule has 1 aromatic rings. The van der Waals surface area contributed by atoms with Crippen LogP contribution in [0.3, 0.4) is 0 Å². The number of benzene rings is 1. The minimum atomic E-state index is -0.920. The van der Waals surface area contributed by atoms with Crippen LogP contribution >= 0.6 is 11.8 Å². The Bertz CT molecular complexity index is 650. The molecule has 8 heteroatoms. The lowest BCUT2D eigenvalue weighted by molar-refractivity contribution is -0.137. The number of aliphatic hydroxyl groups excluding tert-OH is 3. The van der Waals surface area contributed by atoms with Crippen LogP contribution in [0.25, 0.3) is 0 Å². The minimum absolute atomic E-state index is 0.0360. The largest absolute Gasteiger partial charge is 0.400 e. The number of amides is 2. The Morgan fingerprint density at radius 3 is 2.60 bits per heavy atom. The Kier molecular flexibility index (Phi) is 13.2. The second-order valence-corrected chi connectivity index (χ2v) is 8.06. The highest BCUT2D eigenvalue weighted by atomic mass is 32.2. The van der Waals surface area contributed by atoms with Crippen LogP contribution in [0.15, 0.2) is 29.2 Å². The maximum atomic E-state index is 11.9. The van der Waals surface area contributed by atoms with Crippen LogP contribution in [0.4, 0.5) is 10.5 Å². The summed E-state index contributed by atoms with van der Waals surface area (Å²) in [7, 11) is 1.00. The number of carbonyl (C=O) groups excluding carboxylic acids is 1. The zero-order chi connectivity index (χ0) is 22.4. The number of urea groups is 1. The van der Waals surface area contributed by atoms with Crippen molar-refractivity contribution in [3.63, 3.8) is 0 Å². The fourth-order valence-electron chi connectivity index (χ4n) is 3.00. The van der Waals surface area contributed by atoms with Crippen LogP contribution in [-0.4, -0.2) is 58.8 Å². The molecule has 0 bridgehead atoms. The standard InChI is InChI=1S/C21H30N2O4S.CH4O/c1-3-5-6-7-13-22-21(26)23-15-9-11-17(12-10-15)28-20-19(25)18(24)14-16(27-20)8-4-2;1-2/h1,9-12,16,18-20,24-25H,4-8,13-14H2,2H3,(H2,22,23,26);2H,1H3. The van der Waals surface area contributed by atoms with Gasteiger partial charge < -0.3 is 30.7 Å². The molecule has 1 aromatic carbocycles. The molecule has 0 radical (unpaired) electrons. The third kappa shape index (κ3) is 9.37. The minimum Gasteiger partial charge on any atom is -0.400 e. The first-order valence-corrected chi connectivity index (χ1v) is 11.1. The number of hydrogen-bond acceptors (Lipinski definition) is 6. The van der Waals surface area contributed by atoms with Gasteiger partial charge in [-0.05, 0) is 43.5 Å². The van der Waals surface area contributed by atoms with Crippen LogP contribution in [0.1, 0.15) is 45.4 Å². The number of carbonyl (C=O) groups is 1. The van der Waals surface area contributed by atoms with Crippen LogP contribution in [0, 0.1) is 12.3 Å². The molecule has 7 nitrogen and oxygen atoms in total. The highest BCUT2D eigenvalue weighted by molar-refractivity contribution is 7.99. The Hall–Kier alpha value is -1.76. The third-order valence-electron chi connectivity index (χ3n) is 4.51. The number of unbranched alkanes of at least 4 members (excludes halogenated alkanes) is 2. The van der Waals surface area contributed by atoms with Gasteiger partial charge in [0, 0.05) is 37.1 Å². The molecule has 4 unspecified atom stereocenters. The Morgan fingerprint density at radius 2 is 1.97 bits per heavy atom. The van der Waals surface area contributed by atoms with Crippen molar-refractivity contribution in [2.24, 2.45) is 0 Å². The molecule has 2 amide bonds. The molecule has 1 aliphatic rings. The lowest BCUT2D eigenvalue weighted by atomic mass is 10.0. The Morgan fingerprint density at radius 1 is 1.27 bits per heavy atom. The molecule has 2 rings (SSSR count). The summed E-state index contributed by atoms with van der Waals surface area (Å²) in [5.41, 5.74) is 0.171. The molecule has 30 heavy (non-hydrogen) atoms. The van der Waals surface area contributed by atoms with E-state index >= 15 is 0 Å². The molecular weight excluding hydrogens is 404 g/mol. The first-order chi connectivity index (χ1) is 14.5. The van der Waals surface area contributed by atoms with Gasteiger partial charge >= 0.3 is 6.03 Å². The van der Waals surface area contributed by atoms with Gasteiger partial charge in [-0.3, -0.25) is 0 Å². The fourth-order valence-corrected chi connectivity index (χ4v) is 4.10. The van der Waals surface area contributed by atoms with Crippen molar-refractivity contribution in [2.45, 2.75) is 74.1 Å². The summed E-state index contributed by atoms with van der Waals surface area (Å²) in [6.07, 6.45) is 8.23. The van der Waals surface area contributed by atoms with Gasteiger partial charge in [0.2, 0.25) is 0 Å². The van der Waals surface area contributed by atoms with Crippen molar-refractivity contribution in [2.75, 3.05) is 19.0 Å². The average Bonchev–Trinajstić information content (AvgIpc) is 2.74. The van der Waals surface area contributed by atoms with E-state index in [0.29, 0.717) is 18.7 Å². The number of terminal acetylenes is 1. The number of hydrogen-bond donors (Lipinski definition) is 5. The third-order valence-corrected chi connectivity index (χ3v) is 5.68. The number of ether oxygens (including phenoxy) is 1. The number of nitrogens with one attached hydrogen (secondary N) is 2. The van der Waals surface area contributed by atoms with E-state index in [-0.39, 0.29) is 12.1 Å². The number of rotatable bonds is 9. The van der Waals surface area contributed by atoms with Crippen LogP contribution in [0.5, 0.6) is 0 Å². The zero-order valence-electron chi connectivity index (χ0n) is 17.7. The second-order valence-electron chi connectivity index (χ2n) is 6.89. The quantitative estimate of drug-likeness (QED) is 0.299. The normalized spacial score (nSPS) is 22.9. The summed E-state index contributed by atoms with van der Waals surface area (Å²) < 4.78 is 5.94. The smallest absolute Gasteiger partial charge is 0.319 e. The summed E-state index contributed by atoms with van der Waals surface area (Å²) in [5.74, 6) is 2.58. The molecule has 1 aliphatic heterocycles. The van der Waals surface area contributed by atoms with Crippen molar-refractivity contribution in [1.82, 2.24) is 5.32 Å². The van der Waals surface area contributed by atoms with Gasteiger partial charge in [0.1, 0.15) is 11.5 Å². The highest BCUT2D eigenvalue weighted by Crippen LogP contribution is 2.34. The summed E-state index contributed by atoms with van der Waals surface area (Å²) in [4.78, 5) is 12.8. The van der Waals surface area contributed by atoms with E-state index in [1.54, 1.807) is 12.1 Å². The molecule has 0 aromatic heterocycles. The van der Waals surface area contributed by atoms with E-state index in [0.717, 1.165) is 44.1 Å². The molecule has 1 heterocycles. The first-order valence-electron chi connectivity index (χ1n) is 10.2. The Balaban J connectivity index is 0.00000218. The second kappa shape index (κ2) is 15.1. The van der Waals surface area contributed by atoms with Gasteiger partial charge in [0.05, 0.1) is 12.2 Å². The SMILES string of the molecule is C#CCCCCNC(=O)Nc1ccc(SC2OC(CCC)CC(O)C2O)cc1.CO. The number of anilines is 1. The van der Waals surface area contributed by atoms with Gasteiger partial charge in [-0.2, -0.15) is 0 Å². The van der Waals surface area contributed by atoms with Crippen LogP contribution in [0.2, 0.25) is 0 Å². The average molecular weight is 439 g/mol. The van der Waals surface area contributed by atoms with Gasteiger partial charge in [0.25, 0.3) is 0 Å². The fraction of sp³-hybridized carbons (Fsp3) is 0.591. The van der Waals surface area contributed by atoms with Gasteiger partial charge in [-0.25, -0.2) is 4.79 Å². The molecular formula is C22H34N2O5S. The van der Waals surface area contributed by atoms with E-state index in [1.807, 2.05) is 12.1 Å². The van der Waals surface area contributed by atoms with Gasteiger partial charge in [-0.15, -0.1) is 12.3 Å². The van der Waals surface area contributed by atoms with Crippen molar-refractivity contribution in [3.05, 3.63) is 24.3 Å². The summed E-state index contributed by atoms with van der Waals surface area (Å²) in [6, 6.07) is 7.07. The summed E-state index contributed by atoms with van der Waals surface area (Å²) >= 11 is 1.38. The van der Waals surface area contributed by atoms with Crippen molar-refractivity contribution < 1.29 is 24.9 Å². The lowest BCUT2D eigenvalue weighted by Gasteiger charge is -2.36. The predicted molar refractivity (Wildman–Crippen MR) is 120 cm³/mol. The van der Waals surface area contributed by atoms with Crippen LogP contribution < -0.4 is 10.6 Å². The first kappa shape index (κ1) is 26.3. The maximum Gasteiger partial charge on any atom is 0.319 e. The molecule has 0 aliphatic carbocycles. The van der Waals surface area contributed by atoms with Crippen molar-refractivity contribution in [1.29, 1.82) is 0 Å². The molecule has 4 atom stereocenters. The lowest BCUT2D eigenvalue weighted by Crippen LogP contribution is -2.46. The molecule has 0 saturated carbocycles. The number of aliphatic hydroxyl groups is 3. The Labute approximate surface area is 183 Å². The zero-order valence-corrected chi connectivity index (χ0v) is 18.5. The van der Waals surface area contributed by atoms with Crippen molar-refractivity contribution in [3.8, 4) is 12.3 Å². The van der Waals surface area contributed by atoms with E-state index in [2.05, 4.69) is 23.5 Å². The van der Waals surface area contributed by atoms with Crippen molar-refractivity contribution >= 4 is 23.5 Å². The number of thioether (sulfide) groups is 1. The monoisotopic (exact) mass is 438 g/mol. The molecule has 1 saturated heterocycles. The summed E-state index contributed by atoms with van der Waals surface area (Å²) in [6.45, 7) is 2.65. The maximum absolute atomic E-state index is 11.9. The van der Waals surface area contributed by atoms with Gasteiger partial charge in [-0.1, -0.05) is 25.1 Å². The van der Waals surface area contributed by atoms with E-state index in [4.69, 9.17) is 16.3 Å². The van der Waals surface area contributed by atoms with Gasteiger partial charge in [0.15, 0.2) is 0 Å². The topological polar surface area (TPSA) is 111 Å². The molecule has 168 valence electrons. The summed E-state index contributed by atoms with van der Waals surface area (Å²) in [5, 5.41) is 32.9. The van der Waals surface area contributed by atoms with E-state index < -0.39 is 17.6 Å². The predicted octanol–water partition coefficient (Wildman–Crippen LogP) is 2.95.